The molecule has 3 aliphatic rings. The minimum Gasteiger partial charge on any atom is -0.300 e. The summed E-state index contributed by atoms with van der Waals surface area (Å²) >= 11 is 0. The van der Waals surface area contributed by atoms with Crippen molar-refractivity contribution in [3.05, 3.63) is 64.7 Å². The number of carbonyl (C=O) groups excluding carboxylic acids is 2. The second-order valence-electron chi connectivity index (χ2n) is 17.1. The molecule has 5 rings (SSSR count). The van der Waals surface area contributed by atoms with E-state index < -0.39 is 0 Å². The van der Waals surface area contributed by atoms with Crippen LogP contribution in [0.5, 0.6) is 0 Å². The van der Waals surface area contributed by atoms with Crippen LogP contribution in [0.1, 0.15) is 176 Å². The number of benzene rings is 2. The summed E-state index contributed by atoms with van der Waals surface area (Å²) in [6.45, 7) is 8.98. The smallest absolute Gasteiger partial charge is 0.165 e. The number of ketones is 2. The minimum absolute atomic E-state index is 0.00804. The Labute approximate surface area is 305 Å². The topological polar surface area (TPSA) is 46.5 Å². The Hall–Kier alpha value is -2.55. The first kappa shape index (κ1) is 38.7. The number of hydrogen-bond donors (Lipinski definition) is 0. The first-order valence-corrected chi connectivity index (χ1v) is 21.1. The van der Waals surface area contributed by atoms with Crippen LogP contribution in [-0.2, 0) is 17.6 Å². The first-order chi connectivity index (χ1) is 24.3. The molecular formula is C47H69NO2. The van der Waals surface area contributed by atoms with E-state index in [0.29, 0.717) is 23.5 Å². The fraction of sp³-hybridized carbons (Fsp3) is 0.681. The van der Waals surface area contributed by atoms with Crippen LogP contribution in [0.15, 0.2) is 47.5 Å². The van der Waals surface area contributed by atoms with Gasteiger partial charge in [0.25, 0.3) is 0 Å². The van der Waals surface area contributed by atoms with Gasteiger partial charge >= 0.3 is 0 Å². The Bertz CT molecular complexity index is 1400. The van der Waals surface area contributed by atoms with Crippen LogP contribution in [0.25, 0.3) is 0 Å². The molecule has 3 nitrogen and oxygen atoms in total. The molecule has 3 saturated carbocycles. The van der Waals surface area contributed by atoms with Gasteiger partial charge < -0.3 is 0 Å². The van der Waals surface area contributed by atoms with E-state index in [4.69, 9.17) is 4.99 Å². The highest BCUT2D eigenvalue weighted by Crippen LogP contribution is 2.36. The molecule has 0 bridgehead atoms. The SMILES string of the molecule is CCC1CCCC(C(C)=Nc2cc(C(=O)C(C)CCCC3CCCCC(=O)C3)ccc2CC2CCCC(Cc3ccccc3C)CCC2)CC1. The Morgan fingerprint density at radius 1 is 0.780 bits per heavy atom. The van der Waals surface area contributed by atoms with Gasteiger partial charge in [-0.25, -0.2) is 0 Å². The van der Waals surface area contributed by atoms with Crippen molar-refractivity contribution in [1.82, 2.24) is 0 Å². The summed E-state index contributed by atoms with van der Waals surface area (Å²) in [5, 5.41) is 0. The Kier molecular flexibility index (Phi) is 15.4. The van der Waals surface area contributed by atoms with Gasteiger partial charge in [-0.05, 0) is 111 Å². The predicted molar refractivity (Wildman–Crippen MR) is 212 cm³/mol. The molecule has 0 N–H and O–H groups in total. The summed E-state index contributed by atoms with van der Waals surface area (Å²) in [6.07, 6.45) is 25.8. The maximum atomic E-state index is 13.9. The second-order valence-corrected chi connectivity index (χ2v) is 17.1. The molecule has 0 radical (unpaired) electrons. The highest BCUT2D eigenvalue weighted by atomic mass is 16.1. The van der Waals surface area contributed by atoms with Gasteiger partial charge in [-0.15, -0.1) is 0 Å². The van der Waals surface area contributed by atoms with Crippen LogP contribution < -0.4 is 0 Å². The number of Topliss-reactive ketones (excluding diaryl/α,β-unsaturated/α-hetero) is 2. The summed E-state index contributed by atoms with van der Waals surface area (Å²) in [5.74, 6) is 4.11. The third-order valence-corrected chi connectivity index (χ3v) is 13.2. The maximum Gasteiger partial charge on any atom is 0.165 e. The average Bonchev–Trinajstić information content (AvgIpc) is 3.48. The van der Waals surface area contributed by atoms with E-state index in [1.807, 2.05) is 0 Å². The summed E-state index contributed by atoms with van der Waals surface area (Å²) < 4.78 is 0. The summed E-state index contributed by atoms with van der Waals surface area (Å²) in [7, 11) is 0. The molecule has 50 heavy (non-hydrogen) atoms. The van der Waals surface area contributed by atoms with E-state index in [2.05, 4.69) is 70.2 Å². The molecule has 0 aromatic heterocycles. The van der Waals surface area contributed by atoms with Crippen LogP contribution >= 0.6 is 0 Å². The van der Waals surface area contributed by atoms with Crippen molar-refractivity contribution in [1.29, 1.82) is 0 Å². The first-order valence-electron chi connectivity index (χ1n) is 21.1. The normalized spacial score (nSPS) is 26.4. The third kappa shape index (κ3) is 11.7. The van der Waals surface area contributed by atoms with Crippen LogP contribution in [0, 0.1) is 42.4 Å². The second kappa shape index (κ2) is 19.9. The zero-order valence-electron chi connectivity index (χ0n) is 32.3. The van der Waals surface area contributed by atoms with E-state index in [9.17, 15) is 9.59 Å². The number of hydrogen-bond acceptors (Lipinski definition) is 3. The molecule has 3 aliphatic carbocycles. The van der Waals surface area contributed by atoms with Crippen molar-refractivity contribution in [3.8, 4) is 0 Å². The largest absolute Gasteiger partial charge is 0.300 e. The van der Waals surface area contributed by atoms with Crippen molar-refractivity contribution in [2.45, 2.75) is 169 Å². The molecule has 3 heteroatoms. The number of nitrogens with zero attached hydrogens (tertiary/aromatic N) is 1. The van der Waals surface area contributed by atoms with E-state index in [-0.39, 0.29) is 11.7 Å². The van der Waals surface area contributed by atoms with Gasteiger partial charge in [-0.1, -0.05) is 134 Å². The highest BCUT2D eigenvalue weighted by Gasteiger charge is 2.24. The molecule has 4 unspecified atom stereocenters. The molecule has 0 saturated heterocycles. The van der Waals surface area contributed by atoms with Crippen LogP contribution in [0.2, 0.25) is 0 Å². The molecule has 2 aromatic carbocycles. The van der Waals surface area contributed by atoms with E-state index in [1.165, 1.54) is 119 Å². The maximum absolute atomic E-state index is 13.9. The lowest BCUT2D eigenvalue weighted by atomic mass is 9.80. The van der Waals surface area contributed by atoms with Crippen molar-refractivity contribution < 1.29 is 9.59 Å². The van der Waals surface area contributed by atoms with E-state index in [1.54, 1.807) is 0 Å². The molecule has 3 fully saturated rings. The number of carbonyl (C=O) groups is 2. The summed E-state index contributed by atoms with van der Waals surface area (Å²) in [6, 6.07) is 15.5. The molecule has 0 spiro atoms. The molecule has 0 heterocycles. The van der Waals surface area contributed by atoms with Crippen molar-refractivity contribution >= 4 is 23.0 Å². The van der Waals surface area contributed by atoms with Crippen molar-refractivity contribution in [3.63, 3.8) is 0 Å². The standard InChI is InChI=1S/C47H69NO2/c1-5-37-17-13-24-41(27-26-37)36(4)48-46-33-44(47(50)35(3)15-10-18-40-16-7-9-25-45(49)32-40)29-28-43(46)31-39-21-11-19-38(20-12-22-39)30-42-23-8-6-14-34(42)2/h6,8,14,23,28-29,33,35,37-41H,5,7,9-13,15-22,24-27,30-32H2,1-4H3. The minimum atomic E-state index is -0.00804. The third-order valence-electron chi connectivity index (χ3n) is 13.2. The number of aliphatic imine (C=N–C) groups is 1. The molecule has 0 aliphatic heterocycles. The summed E-state index contributed by atoms with van der Waals surface area (Å²) in [4.78, 5) is 31.4. The lowest BCUT2D eigenvalue weighted by Gasteiger charge is -2.26. The van der Waals surface area contributed by atoms with Crippen LogP contribution in [0.4, 0.5) is 5.69 Å². The van der Waals surface area contributed by atoms with Gasteiger partial charge in [0.05, 0.1) is 5.69 Å². The number of aryl methyl sites for hydroxylation is 1. The van der Waals surface area contributed by atoms with Crippen LogP contribution in [0.3, 0.4) is 0 Å². The zero-order valence-corrected chi connectivity index (χ0v) is 32.3. The Balaban J connectivity index is 1.25. The average molecular weight is 680 g/mol. The zero-order chi connectivity index (χ0) is 35.3. The predicted octanol–water partition coefficient (Wildman–Crippen LogP) is 13.2. The van der Waals surface area contributed by atoms with Gasteiger partial charge in [0, 0.05) is 30.0 Å². The van der Waals surface area contributed by atoms with Crippen molar-refractivity contribution in [2.24, 2.45) is 40.5 Å². The van der Waals surface area contributed by atoms with Gasteiger partial charge in [-0.3, -0.25) is 14.6 Å². The van der Waals surface area contributed by atoms with Gasteiger partial charge in [0.15, 0.2) is 5.78 Å². The van der Waals surface area contributed by atoms with Gasteiger partial charge in [0.1, 0.15) is 5.78 Å². The molecular weight excluding hydrogens is 611 g/mol. The van der Waals surface area contributed by atoms with Crippen molar-refractivity contribution in [2.75, 3.05) is 0 Å². The monoisotopic (exact) mass is 680 g/mol. The molecule has 4 atom stereocenters. The van der Waals surface area contributed by atoms with Crippen LogP contribution in [-0.4, -0.2) is 17.3 Å². The quantitative estimate of drug-likeness (QED) is 0.120. The van der Waals surface area contributed by atoms with E-state index >= 15 is 0 Å². The number of rotatable bonds is 13. The Morgan fingerprint density at radius 3 is 2.20 bits per heavy atom. The lowest BCUT2D eigenvalue weighted by molar-refractivity contribution is -0.119. The molecule has 0 amide bonds. The van der Waals surface area contributed by atoms with Gasteiger partial charge in [-0.2, -0.15) is 0 Å². The Morgan fingerprint density at radius 2 is 1.46 bits per heavy atom. The molecule has 2 aromatic rings. The molecule has 274 valence electrons. The van der Waals surface area contributed by atoms with Gasteiger partial charge in [0.2, 0.25) is 0 Å². The van der Waals surface area contributed by atoms with E-state index in [0.717, 1.165) is 68.0 Å². The fourth-order valence-corrected chi connectivity index (χ4v) is 9.68. The highest BCUT2D eigenvalue weighted by molar-refractivity contribution is 5.99. The summed E-state index contributed by atoms with van der Waals surface area (Å²) in [5.41, 5.74) is 7.48. The lowest BCUT2D eigenvalue weighted by Crippen LogP contribution is -2.15. The fourth-order valence-electron chi connectivity index (χ4n) is 9.68.